The number of pyridine rings is 1. The highest BCUT2D eigenvalue weighted by Gasteiger charge is 2.02. The number of anilines is 1. The maximum absolute atomic E-state index is 5.69. The SMILES string of the molecule is Cc1cccc(-c2cc(Br)c(N)cn2)c1. The molecule has 0 bridgehead atoms. The van der Waals surface area contributed by atoms with E-state index in [1.807, 2.05) is 18.2 Å². The van der Waals surface area contributed by atoms with Crippen LogP contribution in [0.25, 0.3) is 11.3 Å². The third-order valence-corrected chi connectivity index (χ3v) is 2.88. The molecule has 2 aromatic rings. The van der Waals surface area contributed by atoms with E-state index in [9.17, 15) is 0 Å². The maximum Gasteiger partial charge on any atom is 0.0714 e. The van der Waals surface area contributed by atoms with Crippen molar-refractivity contribution >= 4 is 21.6 Å². The third kappa shape index (κ3) is 2.18. The predicted molar refractivity (Wildman–Crippen MR) is 66.5 cm³/mol. The number of rotatable bonds is 1. The normalized spacial score (nSPS) is 10.3. The molecule has 0 saturated carbocycles. The molecule has 1 aromatic carbocycles. The lowest BCUT2D eigenvalue weighted by atomic mass is 10.1. The van der Waals surface area contributed by atoms with Gasteiger partial charge in [0, 0.05) is 10.0 Å². The van der Waals surface area contributed by atoms with E-state index < -0.39 is 0 Å². The Labute approximate surface area is 97.3 Å². The van der Waals surface area contributed by atoms with Gasteiger partial charge in [0.2, 0.25) is 0 Å². The smallest absolute Gasteiger partial charge is 0.0714 e. The minimum Gasteiger partial charge on any atom is -0.397 e. The van der Waals surface area contributed by atoms with Crippen LogP contribution >= 0.6 is 15.9 Å². The van der Waals surface area contributed by atoms with Gasteiger partial charge in [-0.25, -0.2) is 0 Å². The summed E-state index contributed by atoms with van der Waals surface area (Å²) in [5.41, 5.74) is 9.61. The van der Waals surface area contributed by atoms with E-state index in [2.05, 4.69) is 40.0 Å². The third-order valence-electron chi connectivity index (χ3n) is 2.20. The van der Waals surface area contributed by atoms with Crippen LogP contribution in [-0.4, -0.2) is 4.98 Å². The van der Waals surface area contributed by atoms with Crippen LogP contribution in [0.15, 0.2) is 41.0 Å². The Morgan fingerprint density at radius 3 is 2.73 bits per heavy atom. The fourth-order valence-electron chi connectivity index (χ4n) is 1.40. The molecule has 1 aromatic heterocycles. The van der Waals surface area contributed by atoms with Crippen molar-refractivity contribution in [3.63, 3.8) is 0 Å². The van der Waals surface area contributed by atoms with Crippen LogP contribution in [0.2, 0.25) is 0 Å². The van der Waals surface area contributed by atoms with E-state index in [1.54, 1.807) is 6.20 Å². The number of hydrogen-bond donors (Lipinski definition) is 1. The first-order chi connectivity index (χ1) is 7.16. The van der Waals surface area contributed by atoms with Crippen LogP contribution in [0.3, 0.4) is 0 Å². The molecule has 0 spiro atoms. The molecule has 0 atom stereocenters. The lowest BCUT2D eigenvalue weighted by Gasteiger charge is -2.04. The van der Waals surface area contributed by atoms with E-state index in [0.29, 0.717) is 5.69 Å². The molecule has 0 amide bonds. The van der Waals surface area contributed by atoms with Gasteiger partial charge in [0.25, 0.3) is 0 Å². The highest BCUT2D eigenvalue weighted by atomic mass is 79.9. The second kappa shape index (κ2) is 4.03. The van der Waals surface area contributed by atoms with Crippen molar-refractivity contribution in [2.45, 2.75) is 6.92 Å². The molecule has 0 saturated heterocycles. The number of benzene rings is 1. The Hall–Kier alpha value is -1.35. The van der Waals surface area contributed by atoms with E-state index in [1.165, 1.54) is 5.56 Å². The van der Waals surface area contributed by atoms with Crippen molar-refractivity contribution < 1.29 is 0 Å². The first-order valence-corrected chi connectivity index (χ1v) is 5.44. The van der Waals surface area contributed by atoms with Crippen LogP contribution in [0.1, 0.15) is 5.56 Å². The van der Waals surface area contributed by atoms with Gasteiger partial charge in [0.05, 0.1) is 17.6 Å². The van der Waals surface area contributed by atoms with E-state index in [4.69, 9.17) is 5.73 Å². The lowest BCUT2D eigenvalue weighted by molar-refractivity contribution is 1.31. The van der Waals surface area contributed by atoms with Gasteiger partial charge >= 0.3 is 0 Å². The largest absolute Gasteiger partial charge is 0.397 e. The minimum atomic E-state index is 0.659. The molecular formula is C12H11BrN2. The van der Waals surface area contributed by atoms with Gasteiger partial charge in [0.1, 0.15) is 0 Å². The van der Waals surface area contributed by atoms with Gasteiger partial charge in [-0.3, -0.25) is 4.98 Å². The average Bonchev–Trinajstić information content (AvgIpc) is 2.22. The van der Waals surface area contributed by atoms with Crippen molar-refractivity contribution in [1.82, 2.24) is 4.98 Å². The Morgan fingerprint density at radius 2 is 2.07 bits per heavy atom. The number of halogens is 1. The highest BCUT2D eigenvalue weighted by Crippen LogP contribution is 2.25. The van der Waals surface area contributed by atoms with Crippen molar-refractivity contribution in [2.24, 2.45) is 0 Å². The number of nitrogen functional groups attached to an aromatic ring is 1. The predicted octanol–water partition coefficient (Wildman–Crippen LogP) is 3.40. The summed E-state index contributed by atoms with van der Waals surface area (Å²) in [7, 11) is 0. The van der Waals surface area contributed by atoms with Crippen LogP contribution in [0.5, 0.6) is 0 Å². The molecule has 0 radical (unpaired) electrons. The number of nitrogens with zero attached hydrogens (tertiary/aromatic N) is 1. The van der Waals surface area contributed by atoms with Gasteiger partial charge in [0.15, 0.2) is 0 Å². The summed E-state index contributed by atoms with van der Waals surface area (Å²) in [5.74, 6) is 0. The first kappa shape index (κ1) is 10.2. The Morgan fingerprint density at radius 1 is 1.27 bits per heavy atom. The molecule has 0 aliphatic heterocycles. The first-order valence-electron chi connectivity index (χ1n) is 4.65. The molecule has 1 heterocycles. The standard InChI is InChI=1S/C12H11BrN2/c1-8-3-2-4-9(5-8)12-6-10(13)11(14)7-15-12/h2-7H,14H2,1H3. The molecule has 0 fully saturated rings. The molecule has 0 aliphatic rings. The molecule has 2 rings (SSSR count). The van der Waals surface area contributed by atoms with E-state index in [-0.39, 0.29) is 0 Å². The molecule has 3 heteroatoms. The fraction of sp³-hybridized carbons (Fsp3) is 0.0833. The summed E-state index contributed by atoms with van der Waals surface area (Å²) in [4.78, 5) is 4.30. The fourth-order valence-corrected chi connectivity index (χ4v) is 1.72. The monoisotopic (exact) mass is 262 g/mol. The summed E-state index contributed by atoms with van der Waals surface area (Å²) in [6.45, 7) is 2.07. The molecule has 0 aliphatic carbocycles. The van der Waals surface area contributed by atoms with Gasteiger partial charge in [-0.2, -0.15) is 0 Å². The molecule has 2 nitrogen and oxygen atoms in total. The van der Waals surface area contributed by atoms with Crippen LogP contribution < -0.4 is 5.73 Å². The Bertz CT molecular complexity index is 495. The average molecular weight is 263 g/mol. The zero-order valence-corrected chi connectivity index (χ0v) is 9.95. The van der Waals surface area contributed by atoms with Crippen molar-refractivity contribution in [1.29, 1.82) is 0 Å². The molecule has 15 heavy (non-hydrogen) atoms. The van der Waals surface area contributed by atoms with Crippen molar-refractivity contribution in [3.05, 3.63) is 46.6 Å². The van der Waals surface area contributed by atoms with Gasteiger partial charge in [-0.05, 0) is 35.0 Å². The van der Waals surface area contributed by atoms with Crippen molar-refractivity contribution in [2.75, 3.05) is 5.73 Å². The highest BCUT2D eigenvalue weighted by molar-refractivity contribution is 9.10. The minimum absolute atomic E-state index is 0.659. The quantitative estimate of drug-likeness (QED) is 0.856. The molecular weight excluding hydrogens is 252 g/mol. The second-order valence-corrected chi connectivity index (χ2v) is 4.31. The van der Waals surface area contributed by atoms with E-state index in [0.717, 1.165) is 15.7 Å². The van der Waals surface area contributed by atoms with Gasteiger partial charge < -0.3 is 5.73 Å². The van der Waals surface area contributed by atoms with Crippen molar-refractivity contribution in [3.8, 4) is 11.3 Å². The summed E-state index contributed by atoms with van der Waals surface area (Å²) in [6.07, 6.45) is 1.67. The van der Waals surface area contributed by atoms with Crippen LogP contribution in [0.4, 0.5) is 5.69 Å². The van der Waals surface area contributed by atoms with Gasteiger partial charge in [-0.1, -0.05) is 23.8 Å². The number of aromatic nitrogens is 1. The van der Waals surface area contributed by atoms with Crippen LogP contribution in [-0.2, 0) is 0 Å². The Kier molecular flexibility index (Phi) is 2.73. The number of nitrogens with two attached hydrogens (primary N) is 1. The molecule has 2 N–H and O–H groups in total. The zero-order chi connectivity index (χ0) is 10.8. The maximum atomic E-state index is 5.69. The lowest BCUT2D eigenvalue weighted by Crippen LogP contribution is -1.90. The molecule has 0 unspecified atom stereocenters. The zero-order valence-electron chi connectivity index (χ0n) is 8.37. The summed E-state index contributed by atoms with van der Waals surface area (Å²) in [6, 6.07) is 10.2. The Balaban J connectivity index is 2.50. The van der Waals surface area contributed by atoms with E-state index >= 15 is 0 Å². The number of hydrogen-bond acceptors (Lipinski definition) is 2. The van der Waals surface area contributed by atoms with Gasteiger partial charge in [-0.15, -0.1) is 0 Å². The summed E-state index contributed by atoms with van der Waals surface area (Å²) >= 11 is 3.40. The molecule has 76 valence electrons. The topological polar surface area (TPSA) is 38.9 Å². The summed E-state index contributed by atoms with van der Waals surface area (Å²) in [5, 5.41) is 0. The second-order valence-electron chi connectivity index (χ2n) is 3.46. The summed E-state index contributed by atoms with van der Waals surface area (Å²) < 4.78 is 0.883. The van der Waals surface area contributed by atoms with Crippen LogP contribution in [0, 0.1) is 6.92 Å². The number of aryl methyl sites for hydroxylation is 1.